The normalized spacial score (nSPS) is 10.4. The molecule has 0 fully saturated rings. The van der Waals surface area contributed by atoms with Crippen LogP contribution in [0.1, 0.15) is 23.5 Å². The van der Waals surface area contributed by atoms with Crippen molar-refractivity contribution in [2.75, 3.05) is 20.2 Å². The number of carbonyl (C=O) groups is 1. The van der Waals surface area contributed by atoms with Crippen molar-refractivity contribution < 1.29 is 14.6 Å². The van der Waals surface area contributed by atoms with Crippen molar-refractivity contribution in [1.29, 1.82) is 0 Å². The summed E-state index contributed by atoms with van der Waals surface area (Å²) >= 11 is 1.39. The Labute approximate surface area is 128 Å². The summed E-state index contributed by atoms with van der Waals surface area (Å²) in [4.78, 5) is 15.0. The largest absolute Gasteiger partial charge is 0.504 e. The third-order valence-corrected chi connectivity index (χ3v) is 4.32. The van der Waals surface area contributed by atoms with E-state index in [2.05, 4.69) is 0 Å². The van der Waals surface area contributed by atoms with Crippen LogP contribution in [-0.2, 0) is 0 Å². The topological polar surface area (TPSA) is 49.8 Å². The third kappa shape index (κ3) is 2.88. The van der Waals surface area contributed by atoms with Crippen LogP contribution in [0.2, 0.25) is 0 Å². The first kappa shape index (κ1) is 15.4. The Morgan fingerprint density at radius 1 is 1.24 bits per heavy atom. The van der Waals surface area contributed by atoms with Crippen LogP contribution in [0.5, 0.6) is 11.5 Å². The molecule has 2 rings (SSSR count). The molecule has 0 bridgehead atoms. The number of amides is 1. The third-order valence-electron chi connectivity index (χ3n) is 3.42. The number of rotatable bonds is 5. The molecule has 0 saturated heterocycles. The molecule has 1 aromatic carbocycles. The lowest BCUT2D eigenvalue weighted by atomic mass is 10.0. The molecule has 1 N–H and O–H groups in total. The number of benzene rings is 1. The molecule has 21 heavy (non-hydrogen) atoms. The van der Waals surface area contributed by atoms with Crippen LogP contribution in [0.25, 0.3) is 11.1 Å². The van der Waals surface area contributed by atoms with E-state index in [0.29, 0.717) is 29.3 Å². The van der Waals surface area contributed by atoms with Gasteiger partial charge in [-0.2, -0.15) is 0 Å². The molecule has 0 radical (unpaired) electrons. The zero-order valence-electron chi connectivity index (χ0n) is 12.4. The van der Waals surface area contributed by atoms with Crippen LogP contribution in [-0.4, -0.2) is 36.1 Å². The summed E-state index contributed by atoms with van der Waals surface area (Å²) in [7, 11) is 1.51. The number of phenols is 1. The van der Waals surface area contributed by atoms with Crippen LogP contribution in [0.15, 0.2) is 29.6 Å². The number of phenolic OH excluding ortho intramolecular Hbond substituents is 1. The van der Waals surface area contributed by atoms with Gasteiger partial charge in [0.05, 0.1) is 12.0 Å². The van der Waals surface area contributed by atoms with Gasteiger partial charge in [-0.1, -0.05) is 12.1 Å². The van der Waals surface area contributed by atoms with Crippen LogP contribution in [0.4, 0.5) is 0 Å². The maximum atomic E-state index is 12.6. The molecular weight excluding hydrogens is 286 g/mol. The molecule has 2 aromatic rings. The van der Waals surface area contributed by atoms with E-state index in [4.69, 9.17) is 4.74 Å². The summed E-state index contributed by atoms with van der Waals surface area (Å²) in [6.45, 7) is 5.24. The zero-order valence-corrected chi connectivity index (χ0v) is 13.2. The first-order chi connectivity index (χ1) is 10.1. The van der Waals surface area contributed by atoms with E-state index in [1.54, 1.807) is 23.1 Å². The summed E-state index contributed by atoms with van der Waals surface area (Å²) in [6.07, 6.45) is 0. The number of para-hydroxylation sites is 1. The SMILES string of the molecule is CCN(CC)C(=O)c1sccc1-c1cccc(OC)c1O. The quantitative estimate of drug-likeness (QED) is 0.918. The van der Waals surface area contributed by atoms with Crippen LogP contribution < -0.4 is 4.74 Å². The molecule has 112 valence electrons. The van der Waals surface area contributed by atoms with Gasteiger partial charge in [-0.25, -0.2) is 0 Å². The lowest BCUT2D eigenvalue weighted by Gasteiger charge is -2.19. The van der Waals surface area contributed by atoms with E-state index in [1.807, 2.05) is 25.3 Å². The highest BCUT2D eigenvalue weighted by Crippen LogP contribution is 2.40. The maximum absolute atomic E-state index is 12.6. The Morgan fingerprint density at radius 2 is 1.95 bits per heavy atom. The Morgan fingerprint density at radius 3 is 2.57 bits per heavy atom. The van der Waals surface area contributed by atoms with Crippen molar-refractivity contribution in [3.05, 3.63) is 34.5 Å². The molecule has 0 aliphatic rings. The minimum absolute atomic E-state index is 0.00720. The predicted molar refractivity (Wildman–Crippen MR) is 85.2 cm³/mol. The molecule has 0 atom stereocenters. The minimum atomic E-state index is -0.00720. The molecule has 5 heteroatoms. The smallest absolute Gasteiger partial charge is 0.264 e. The summed E-state index contributed by atoms with van der Waals surface area (Å²) < 4.78 is 5.13. The van der Waals surface area contributed by atoms with Gasteiger partial charge in [-0.15, -0.1) is 11.3 Å². The lowest BCUT2D eigenvalue weighted by molar-refractivity contribution is 0.0778. The second-order valence-electron chi connectivity index (χ2n) is 4.50. The van der Waals surface area contributed by atoms with E-state index < -0.39 is 0 Å². The van der Waals surface area contributed by atoms with Crippen molar-refractivity contribution in [2.24, 2.45) is 0 Å². The number of hydrogen-bond acceptors (Lipinski definition) is 4. The number of methoxy groups -OCH3 is 1. The number of ether oxygens (including phenoxy) is 1. The van der Waals surface area contributed by atoms with Crippen LogP contribution >= 0.6 is 11.3 Å². The summed E-state index contributed by atoms with van der Waals surface area (Å²) in [5, 5.41) is 12.1. The first-order valence-electron chi connectivity index (χ1n) is 6.87. The molecule has 1 aromatic heterocycles. The second kappa shape index (κ2) is 6.63. The minimum Gasteiger partial charge on any atom is -0.504 e. The van der Waals surface area contributed by atoms with E-state index in [0.717, 1.165) is 5.56 Å². The predicted octanol–water partition coefficient (Wildman–Crippen LogP) is 3.61. The summed E-state index contributed by atoms with van der Waals surface area (Å²) in [5.74, 6) is 0.458. The molecule has 4 nitrogen and oxygen atoms in total. The van der Waals surface area contributed by atoms with Gasteiger partial charge in [0, 0.05) is 24.2 Å². The Balaban J connectivity index is 2.48. The zero-order chi connectivity index (χ0) is 15.4. The number of aromatic hydroxyl groups is 1. The standard InChI is InChI=1S/C16H19NO3S/c1-4-17(5-2)16(19)15-12(9-10-21-15)11-7-6-8-13(20-3)14(11)18/h6-10,18H,4-5H2,1-3H3. The number of thiophene rings is 1. The van der Waals surface area contributed by atoms with Gasteiger partial charge in [0.2, 0.25) is 0 Å². The van der Waals surface area contributed by atoms with Gasteiger partial charge in [0.15, 0.2) is 11.5 Å². The van der Waals surface area contributed by atoms with Crippen LogP contribution in [0, 0.1) is 0 Å². The van der Waals surface area contributed by atoms with Gasteiger partial charge in [-0.3, -0.25) is 4.79 Å². The van der Waals surface area contributed by atoms with Crippen molar-refractivity contribution in [3.63, 3.8) is 0 Å². The van der Waals surface area contributed by atoms with Gasteiger partial charge >= 0.3 is 0 Å². The average Bonchev–Trinajstić information content (AvgIpc) is 2.97. The molecule has 0 spiro atoms. The lowest BCUT2D eigenvalue weighted by Crippen LogP contribution is -2.30. The van der Waals surface area contributed by atoms with Crippen molar-refractivity contribution >= 4 is 17.2 Å². The van der Waals surface area contributed by atoms with Crippen molar-refractivity contribution in [2.45, 2.75) is 13.8 Å². The molecule has 0 aliphatic heterocycles. The molecule has 0 saturated carbocycles. The molecule has 0 aliphatic carbocycles. The highest BCUT2D eigenvalue weighted by Gasteiger charge is 2.21. The number of hydrogen-bond donors (Lipinski definition) is 1. The molecule has 0 unspecified atom stereocenters. The van der Waals surface area contributed by atoms with Gasteiger partial charge in [-0.05, 0) is 31.4 Å². The maximum Gasteiger partial charge on any atom is 0.264 e. The number of carbonyl (C=O) groups excluding carboxylic acids is 1. The fraction of sp³-hybridized carbons (Fsp3) is 0.312. The molecular formula is C16H19NO3S. The molecule has 1 amide bonds. The Bertz CT molecular complexity index is 632. The van der Waals surface area contributed by atoms with Gasteiger partial charge in [0.1, 0.15) is 0 Å². The fourth-order valence-corrected chi connectivity index (χ4v) is 3.12. The average molecular weight is 305 g/mol. The Kier molecular flexibility index (Phi) is 4.85. The molecule has 1 heterocycles. The first-order valence-corrected chi connectivity index (χ1v) is 7.75. The number of nitrogens with zero attached hydrogens (tertiary/aromatic N) is 1. The second-order valence-corrected chi connectivity index (χ2v) is 5.41. The van der Waals surface area contributed by atoms with E-state index in [1.165, 1.54) is 18.4 Å². The Hall–Kier alpha value is -2.01. The van der Waals surface area contributed by atoms with Crippen molar-refractivity contribution in [3.8, 4) is 22.6 Å². The van der Waals surface area contributed by atoms with Gasteiger partial charge in [0.25, 0.3) is 5.91 Å². The monoisotopic (exact) mass is 305 g/mol. The van der Waals surface area contributed by atoms with Crippen LogP contribution in [0.3, 0.4) is 0 Å². The summed E-state index contributed by atoms with van der Waals surface area (Å²) in [5.41, 5.74) is 1.36. The van der Waals surface area contributed by atoms with Gasteiger partial charge < -0.3 is 14.7 Å². The highest BCUT2D eigenvalue weighted by molar-refractivity contribution is 7.12. The van der Waals surface area contributed by atoms with E-state index in [9.17, 15) is 9.90 Å². The fourth-order valence-electron chi connectivity index (χ4n) is 2.25. The summed E-state index contributed by atoms with van der Waals surface area (Å²) in [6, 6.07) is 7.14. The van der Waals surface area contributed by atoms with Crippen molar-refractivity contribution in [1.82, 2.24) is 4.90 Å². The van der Waals surface area contributed by atoms with E-state index in [-0.39, 0.29) is 11.7 Å². The highest BCUT2D eigenvalue weighted by atomic mass is 32.1. The van der Waals surface area contributed by atoms with E-state index >= 15 is 0 Å².